The van der Waals surface area contributed by atoms with E-state index in [0.29, 0.717) is 4.47 Å². The molecule has 1 heterocycles. The molecule has 0 radical (unpaired) electrons. The Hall–Kier alpha value is -1.09. The van der Waals surface area contributed by atoms with Gasteiger partial charge < -0.3 is 4.98 Å². The van der Waals surface area contributed by atoms with Gasteiger partial charge in [0, 0.05) is 5.52 Å². The maximum Gasteiger partial charge on any atom is 0.262 e. The molecule has 16 heavy (non-hydrogen) atoms. The fourth-order valence-corrected chi connectivity index (χ4v) is 1.80. The summed E-state index contributed by atoms with van der Waals surface area (Å²) in [5, 5.41) is 1.06. The smallest absolute Gasteiger partial charge is 0.262 e. The van der Waals surface area contributed by atoms with Crippen LogP contribution >= 0.6 is 15.9 Å². The van der Waals surface area contributed by atoms with Gasteiger partial charge in [-0.05, 0) is 64.5 Å². The number of hydrogen-bond donors (Lipinski definition) is 1. The molecule has 2 rings (SSSR count). The molecule has 0 fully saturated rings. The molecule has 1 aromatic heterocycles. The van der Waals surface area contributed by atoms with E-state index >= 15 is 0 Å². The number of halogens is 1. The highest BCUT2D eigenvalue weighted by atomic mass is 79.9. The van der Waals surface area contributed by atoms with Gasteiger partial charge in [-0.15, -0.1) is 0 Å². The summed E-state index contributed by atoms with van der Waals surface area (Å²) in [5.41, 5.74) is 3.23. The maximum absolute atomic E-state index is 11.3. The van der Waals surface area contributed by atoms with Gasteiger partial charge in [0.05, 0.1) is 4.47 Å². The zero-order valence-electron chi connectivity index (χ0n) is 10.0. The Labute approximate surface area is 104 Å². The second-order valence-electron chi connectivity index (χ2n) is 3.47. The van der Waals surface area contributed by atoms with Crippen LogP contribution in [0.5, 0.6) is 0 Å². The van der Waals surface area contributed by atoms with Crippen LogP contribution in [0.4, 0.5) is 0 Å². The molecule has 0 unspecified atom stereocenters. The van der Waals surface area contributed by atoms with E-state index in [9.17, 15) is 4.79 Å². The van der Waals surface area contributed by atoms with E-state index in [1.54, 1.807) is 0 Å². The van der Waals surface area contributed by atoms with Gasteiger partial charge in [0.2, 0.25) is 0 Å². The number of H-pyrrole nitrogens is 1. The van der Waals surface area contributed by atoms with Crippen molar-refractivity contribution < 1.29 is 0 Å². The molecule has 0 atom stereocenters. The average Bonchev–Trinajstić information content (AvgIpc) is 2.26. The lowest BCUT2D eigenvalue weighted by Gasteiger charge is -2.03. The van der Waals surface area contributed by atoms with Crippen LogP contribution in [0.3, 0.4) is 0 Å². The molecule has 86 valence electrons. The van der Waals surface area contributed by atoms with Gasteiger partial charge in [-0.2, -0.15) is 0 Å². The van der Waals surface area contributed by atoms with Gasteiger partial charge in [-0.3, -0.25) is 4.79 Å². The highest BCUT2D eigenvalue weighted by molar-refractivity contribution is 9.10. The van der Waals surface area contributed by atoms with Crippen molar-refractivity contribution >= 4 is 26.8 Å². The van der Waals surface area contributed by atoms with Crippen molar-refractivity contribution in [3.05, 3.63) is 44.2 Å². The zero-order valence-corrected chi connectivity index (χ0v) is 11.6. The maximum atomic E-state index is 11.3. The highest BCUT2D eigenvalue weighted by Crippen LogP contribution is 2.18. The van der Waals surface area contributed by atoms with Crippen LogP contribution in [0, 0.1) is 13.8 Å². The molecule has 0 bridgehead atoms. The third-order valence-corrected chi connectivity index (χ3v) is 3.00. The lowest BCUT2D eigenvalue weighted by Crippen LogP contribution is -2.05. The minimum absolute atomic E-state index is 0.0826. The number of aromatic nitrogens is 1. The molecule has 2 aromatic rings. The fourth-order valence-electron chi connectivity index (χ4n) is 1.45. The third kappa shape index (κ3) is 2.53. The van der Waals surface area contributed by atoms with Gasteiger partial charge in [-0.25, -0.2) is 0 Å². The van der Waals surface area contributed by atoms with Gasteiger partial charge in [0.1, 0.15) is 0 Å². The van der Waals surface area contributed by atoms with Crippen LogP contribution in [0.25, 0.3) is 10.9 Å². The molecular weight excluding hydrogens is 266 g/mol. The summed E-state index contributed by atoms with van der Waals surface area (Å²) in [6, 6.07) is 5.92. The average molecular weight is 282 g/mol. The van der Waals surface area contributed by atoms with Crippen molar-refractivity contribution in [2.45, 2.75) is 27.7 Å². The summed E-state index contributed by atoms with van der Waals surface area (Å²) >= 11 is 3.22. The Morgan fingerprint density at radius 1 is 1.06 bits per heavy atom. The molecule has 1 aromatic carbocycles. The molecule has 0 aliphatic carbocycles. The van der Waals surface area contributed by atoms with Crippen LogP contribution in [-0.4, -0.2) is 4.98 Å². The summed E-state index contributed by atoms with van der Waals surface area (Å²) < 4.78 is 0.577. The minimum atomic E-state index is -0.0826. The first kappa shape index (κ1) is 13.0. The fraction of sp³-hybridized carbons (Fsp3) is 0.308. The molecule has 3 heteroatoms. The second-order valence-corrected chi connectivity index (χ2v) is 4.32. The highest BCUT2D eigenvalue weighted by Gasteiger charge is 2.01. The summed E-state index contributed by atoms with van der Waals surface area (Å²) in [5.74, 6) is 0. The number of pyridine rings is 1. The van der Waals surface area contributed by atoms with Crippen LogP contribution in [0.1, 0.15) is 25.0 Å². The number of aromatic amines is 1. The number of fused-ring (bicyclic) bond motifs is 1. The Morgan fingerprint density at radius 3 is 2.25 bits per heavy atom. The largest absolute Gasteiger partial charge is 0.321 e. The lowest BCUT2D eigenvalue weighted by atomic mass is 10.1. The minimum Gasteiger partial charge on any atom is -0.321 e. The number of rotatable bonds is 0. The molecule has 0 saturated heterocycles. The first-order valence-corrected chi connectivity index (χ1v) is 6.17. The van der Waals surface area contributed by atoms with Crippen molar-refractivity contribution in [3.8, 4) is 0 Å². The predicted octanol–water partition coefficient (Wildman–Crippen LogP) is 3.93. The molecule has 0 amide bonds. The molecule has 0 aliphatic heterocycles. The Kier molecular flexibility index (Phi) is 4.30. The van der Waals surface area contributed by atoms with Gasteiger partial charge >= 0.3 is 0 Å². The zero-order chi connectivity index (χ0) is 12.3. The molecule has 0 aliphatic rings. The van der Waals surface area contributed by atoms with Crippen molar-refractivity contribution in [1.29, 1.82) is 0 Å². The monoisotopic (exact) mass is 281 g/mol. The van der Waals surface area contributed by atoms with E-state index < -0.39 is 0 Å². The van der Waals surface area contributed by atoms with E-state index in [2.05, 4.69) is 33.9 Å². The standard InChI is InChI=1S/C11H10BrNO.C2H6/c1-6-3-8-5-9(12)11(14)13-10(8)4-7(6)2;1-2/h3-5H,1-2H3,(H,13,14);1-2H3. The van der Waals surface area contributed by atoms with E-state index in [1.165, 1.54) is 11.1 Å². The third-order valence-electron chi connectivity index (χ3n) is 2.41. The number of hydrogen-bond acceptors (Lipinski definition) is 1. The van der Waals surface area contributed by atoms with Crippen molar-refractivity contribution in [1.82, 2.24) is 4.98 Å². The second kappa shape index (κ2) is 5.30. The lowest BCUT2D eigenvalue weighted by molar-refractivity contribution is 1.26. The molecule has 2 nitrogen and oxygen atoms in total. The first-order chi connectivity index (χ1) is 7.58. The Bertz CT molecular complexity index is 558. The Morgan fingerprint density at radius 2 is 1.62 bits per heavy atom. The number of nitrogens with one attached hydrogen (secondary N) is 1. The van der Waals surface area contributed by atoms with Crippen molar-refractivity contribution in [2.75, 3.05) is 0 Å². The summed E-state index contributed by atoms with van der Waals surface area (Å²) in [7, 11) is 0. The summed E-state index contributed by atoms with van der Waals surface area (Å²) in [6.45, 7) is 8.10. The van der Waals surface area contributed by atoms with Gasteiger partial charge in [0.15, 0.2) is 0 Å². The molecule has 1 N–H and O–H groups in total. The van der Waals surface area contributed by atoms with Crippen molar-refractivity contribution in [2.24, 2.45) is 0 Å². The van der Waals surface area contributed by atoms with E-state index in [-0.39, 0.29) is 5.56 Å². The topological polar surface area (TPSA) is 32.9 Å². The van der Waals surface area contributed by atoms with Crippen LogP contribution in [0.2, 0.25) is 0 Å². The molecule has 0 saturated carbocycles. The van der Waals surface area contributed by atoms with Crippen molar-refractivity contribution in [3.63, 3.8) is 0 Å². The summed E-state index contributed by atoms with van der Waals surface area (Å²) in [4.78, 5) is 14.2. The van der Waals surface area contributed by atoms with E-state index in [4.69, 9.17) is 0 Å². The summed E-state index contributed by atoms with van der Waals surface area (Å²) in [6.07, 6.45) is 0. The van der Waals surface area contributed by atoms with Crippen LogP contribution < -0.4 is 5.56 Å². The first-order valence-electron chi connectivity index (χ1n) is 5.38. The predicted molar refractivity (Wildman–Crippen MR) is 73.1 cm³/mol. The van der Waals surface area contributed by atoms with Gasteiger partial charge in [0.25, 0.3) is 5.56 Å². The van der Waals surface area contributed by atoms with Crippen LogP contribution in [0.15, 0.2) is 27.5 Å². The number of benzene rings is 1. The Balaban J connectivity index is 0.000000606. The number of aryl methyl sites for hydroxylation is 2. The molecular formula is C13H16BrNO. The normalized spacial score (nSPS) is 9.81. The molecule has 0 spiro atoms. The van der Waals surface area contributed by atoms with E-state index in [0.717, 1.165) is 10.9 Å². The van der Waals surface area contributed by atoms with Crippen LogP contribution in [-0.2, 0) is 0 Å². The van der Waals surface area contributed by atoms with E-state index in [1.807, 2.05) is 32.9 Å². The van der Waals surface area contributed by atoms with Gasteiger partial charge in [-0.1, -0.05) is 13.8 Å². The SMILES string of the molecule is CC.Cc1cc2cc(Br)c(=O)[nH]c2cc1C. The quantitative estimate of drug-likeness (QED) is 0.780.